The summed E-state index contributed by atoms with van der Waals surface area (Å²) >= 11 is 5.93. The summed E-state index contributed by atoms with van der Waals surface area (Å²) in [6.45, 7) is 6.83. The van der Waals surface area contributed by atoms with Crippen LogP contribution in [0.2, 0.25) is 5.02 Å². The lowest BCUT2D eigenvalue weighted by molar-refractivity contribution is 0.102. The maximum atomic E-state index is 12.9. The Morgan fingerprint density at radius 3 is 2.58 bits per heavy atom. The zero-order chi connectivity index (χ0) is 22.1. The van der Waals surface area contributed by atoms with Crippen LogP contribution in [0.5, 0.6) is 0 Å². The molecule has 0 unspecified atom stereocenters. The first kappa shape index (κ1) is 20.9. The van der Waals surface area contributed by atoms with Gasteiger partial charge in [0.05, 0.1) is 29.7 Å². The van der Waals surface area contributed by atoms with Gasteiger partial charge in [0.15, 0.2) is 0 Å². The Kier molecular flexibility index (Phi) is 5.65. The van der Waals surface area contributed by atoms with Crippen molar-refractivity contribution in [2.75, 3.05) is 5.32 Å². The van der Waals surface area contributed by atoms with Crippen LogP contribution in [-0.4, -0.2) is 25.2 Å². The quantitative estimate of drug-likeness (QED) is 0.472. The van der Waals surface area contributed by atoms with E-state index in [0.717, 1.165) is 16.8 Å². The number of amides is 1. The van der Waals surface area contributed by atoms with E-state index in [0.29, 0.717) is 23.1 Å². The largest absolute Gasteiger partial charge is 0.313 e. The van der Waals surface area contributed by atoms with Gasteiger partial charge in [-0.3, -0.25) is 14.8 Å². The minimum Gasteiger partial charge on any atom is -0.313 e. The molecule has 0 atom stereocenters. The molecule has 0 aliphatic heterocycles. The fraction of sp³-hybridized carbons (Fsp3) is 0.208. The van der Waals surface area contributed by atoms with Crippen LogP contribution in [0.15, 0.2) is 55.0 Å². The summed E-state index contributed by atoms with van der Waals surface area (Å²) in [7, 11) is 1.91. The van der Waals surface area contributed by atoms with Gasteiger partial charge in [-0.1, -0.05) is 29.8 Å². The molecule has 0 saturated carbocycles. The Morgan fingerprint density at radius 1 is 1.06 bits per heavy atom. The number of hydrogen-bond acceptors (Lipinski definition) is 3. The molecule has 0 aliphatic carbocycles. The molecular formula is C24H24ClN5O. The van der Waals surface area contributed by atoms with E-state index in [1.54, 1.807) is 29.3 Å². The number of rotatable bonds is 5. The third-order valence-electron chi connectivity index (χ3n) is 5.47. The normalized spacial score (nSPS) is 11.0. The molecule has 0 saturated heterocycles. The lowest BCUT2D eigenvalue weighted by Gasteiger charge is -2.12. The minimum absolute atomic E-state index is 0.211. The van der Waals surface area contributed by atoms with Gasteiger partial charge in [0.2, 0.25) is 5.95 Å². The molecule has 1 N–H and O–H groups in total. The molecule has 0 fully saturated rings. The van der Waals surface area contributed by atoms with Gasteiger partial charge in [0.25, 0.3) is 5.91 Å². The molecule has 158 valence electrons. The zero-order valence-electron chi connectivity index (χ0n) is 18.0. The fourth-order valence-electron chi connectivity index (χ4n) is 3.61. The van der Waals surface area contributed by atoms with Crippen LogP contribution in [0.1, 0.15) is 32.6 Å². The predicted molar refractivity (Wildman–Crippen MR) is 124 cm³/mol. The minimum atomic E-state index is -0.211. The van der Waals surface area contributed by atoms with Gasteiger partial charge < -0.3 is 4.57 Å². The molecule has 0 spiro atoms. The summed E-state index contributed by atoms with van der Waals surface area (Å²) in [5.41, 5.74) is 7.24. The number of aromatic nitrogens is 4. The third kappa shape index (κ3) is 4.39. The number of imidazole rings is 1. The fourth-order valence-corrected chi connectivity index (χ4v) is 3.77. The summed E-state index contributed by atoms with van der Waals surface area (Å²) in [4.78, 5) is 17.3. The van der Waals surface area contributed by atoms with E-state index in [1.807, 2.05) is 29.8 Å². The Labute approximate surface area is 186 Å². The lowest BCUT2D eigenvalue weighted by atomic mass is 9.99. The second kappa shape index (κ2) is 8.40. The molecule has 2 aromatic carbocycles. The average Bonchev–Trinajstić information content (AvgIpc) is 3.30. The number of carbonyl (C=O) groups is 1. The predicted octanol–water partition coefficient (Wildman–Crippen LogP) is 5.16. The zero-order valence-corrected chi connectivity index (χ0v) is 18.7. The van der Waals surface area contributed by atoms with E-state index in [9.17, 15) is 4.79 Å². The second-order valence-corrected chi connectivity index (χ2v) is 8.22. The Balaban J connectivity index is 1.55. The number of anilines is 1. The van der Waals surface area contributed by atoms with E-state index in [1.165, 1.54) is 16.7 Å². The van der Waals surface area contributed by atoms with Crippen molar-refractivity contribution in [1.82, 2.24) is 19.3 Å². The number of carbonyl (C=O) groups excluding carboxylic acids is 1. The van der Waals surface area contributed by atoms with Gasteiger partial charge in [-0.15, -0.1) is 0 Å². The number of nitrogens with zero attached hydrogens (tertiary/aromatic N) is 4. The molecule has 0 radical (unpaired) electrons. The monoisotopic (exact) mass is 433 g/mol. The van der Waals surface area contributed by atoms with Crippen molar-refractivity contribution in [1.29, 1.82) is 0 Å². The number of hydrogen-bond donors (Lipinski definition) is 1. The van der Waals surface area contributed by atoms with E-state index >= 15 is 0 Å². The van der Waals surface area contributed by atoms with E-state index < -0.39 is 0 Å². The van der Waals surface area contributed by atoms with Gasteiger partial charge in [-0.25, -0.2) is 4.98 Å². The first-order valence-corrected chi connectivity index (χ1v) is 10.4. The Morgan fingerprint density at radius 2 is 1.84 bits per heavy atom. The number of halogens is 1. The second-order valence-electron chi connectivity index (χ2n) is 7.79. The molecule has 7 heteroatoms. The highest BCUT2D eigenvalue weighted by atomic mass is 35.5. The Bertz CT molecular complexity index is 1270. The van der Waals surface area contributed by atoms with E-state index in [-0.39, 0.29) is 5.91 Å². The summed E-state index contributed by atoms with van der Waals surface area (Å²) in [5.74, 6) is 0.291. The third-order valence-corrected chi connectivity index (χ3v) is 5.66. The standard InChI is InChI=1S/C24H24ClN5O/c1-15-8-17(3)21(9-16(15)2)22-12-26-24(29(22)4)28-23(31)19-7-5-6-18(10-19)13-30-14-20(25)11-27-30/h5-12,14H,13H2,1-4H3,(H,26,28,31). The summed E-state index contributed by atoms with van der Waals surface area (Å²) in [5, 5.41) is 7.69. The number of nitrogens with one attached hydrogen (secondary N) is 1. The molecule has 1 amide bonds. The molecule has 2 aromatic heterocycles. The van der Waals surface area contributed by atoms with Crippen molar-refractivity contribution < 1.29 is 4.79 Å². The van der Waals surface area contributed by atoms with Crippen molar-refractivity contribution in [3.8, 4) is 11.3 Å². The smallest absolute Gasteiger partial charge is 0.257 e. The maximum Gasteiger partial charge on any atom is 0.257 e. The number of benzene rings is 2. The van der Waals surface area contributed by atoms with Gasteiger partial charge in [-0.05, 0) is 61.2 Å². The molecule has 31 heavy (non-hydrogen) atoms. The van der Waals surface area contributed by atoms with Crippen LogP contribution < -0.4 is 5.32 Å². The van der Waals surface area contributed by atoms with Crippen LogP contribution in [0, 0.1) is 20.8 Å². The highest BCUT2D eigenvalue weighted by molar-refractivity contribution is 6.30. The van der Waals surface area contributed by atoms with E-state index in [2.05, 4.69) is 48.3 Å². The first-order chi connectivity index (χ1) is 14.8. The van der Waals surface area contributed by atoms with Crippen molar-refractivity contribution in [3.05, 3.63) is 87.8 Å². The van der Waals surface area contributed by atoms with Gasteiger partial charge in [0.1, 0.15) is 0 Å². The molecule has 6 nitrogen and oxygen atoms in total. The van der Waals surface area contributed by atoms with Crippen molar-refractivity contribution in [3.63, 3.8) is 0 Å². The summed E-state index contributed by atoms with van der Waals surface area (Å²) in [6.07, 6.45) is 5.14. The van der Waals surface area contributed by atoms with Gasteiger partial charge in [0, 0.05) is 24.4 Å². The van der Waals surface area contributed by atoms with Crippen LogP contribution in [0.25, 0.3) is 11.3 Å². The first-order valence-electron chi connectivity index (χ1n) is 10.00. The van der Waals surface area contributed by atoms with Crippen LogP contribution in [0.3, 0.4) is 0 Å². The maximum absolute atomic E-state index is 12.9. The molecule has 4 aromatic rings. The van der Waals surface area contributed by atoms with E-state index in [4.69, 9.17) is 11.6 Å². The molecule has 4 rings (SSSR count). The summed E-state index contributed by atoms with van der Waals surface area (Å²) < 4.78 is 3.64. The van der Waals surface area contributed by atoms with Gasteiger partial charge >= 0.3 is 0 Å². The van der Waals surface area contributed by atoms with Crippen molar-refractivity contribution in [2.24, 2.45) is 7.05 Å². The summed E-state index contributed by atoms with van der Waals surface area (Å²) in [6, 6.07) is 11.8. The molecule has 0 aliphatic rings. The molecule has 0 bridgehead atoms. The molecule has 2 heterocycles. The van der Waals surface area contributed by atoms with Crippen molar-refractivity contribution in [2.45, 2.75) is 27.3 Å². The van der Waals surface area contributed by atoms with Gasteiger partial charge in [-0.2, -0.15) is 5.10 Å². The average molecular weight is 434 g/mol. The topological polar surface area (TPSA) is 64.7 Å². The highest BCUT2D eigenvalue weighted by Gasteiger charge is 2.15. The van der Waals surface area contributed by atoms with Crippen molar-refractivity contribution >= 4 is 23.5 Å². The SMILES string of the molecule is Cc1cc(C)c(-c2cnc(NC(=O)c3cccc(Cn4cc(Cl)cn4)c3)n2C)cc1C. The van der Waals surface area contributed by atoms with Crippen LogP contribution >= 0.6 is 11.6 Å². The molecular weight excluding hydrogens is 410 g/mol. The van der Waals surface area contributed by atoms with Crippen LogP contribution in [0.4, 0.5) is 5.95 Å². The highest BCUT2D eigenvalue weighted by Crippen LogP contribution is 2.28. The Hall–Kier alpha value is -3.38. The van der Waals surface area contributed by atoms with Crippen LogP contribution in [-0.2, 0) is 13.6 Å². The lowest BCUT2D eigenvalue weighted by Crippen LogP contribution is -2.15. The number of aryl methyl sites for hydroxylation is 3.